The fraction of sp³-hybridized carbons (Fsp3) is 0.100. The van der Waals surface area contributed by atoms with Crippen LogP contribution >= 0.6 is 0 Å². The molecule has 2 aromatic rings. The van der Waals surface area contributed by atoms with Gasteiger partial charge >= 0.3 is 0 Å². The maximum Gasteiger partial charge on any atom is 0.235 e. The van der Waals surface area contributed by atoms with E-state index in [1.807, 2.05) is 0 Å². The average molecular weight is 209 g/mol. The summed E-state index contributed by atoms with van der Waals surface area (Å²) in [5, 5.41) is 0.174. The minimum absolute atomic E-state index is 0.0553. The molecule has 0 unspecified atom stereocenters. The first kappa shape index (κ1) is 9.55. The van der Waals surface area contributed by atoms with Crippen LogP contribution in [0.1, 0.15) is 5.56 Å². The number of halogens is 2. The zero-order chi connectivity index (χ0) is 10.8. The smallest absolute Gasteiger partial charge is 0.235 e. The number of hydrogen-bond acceptors (Lipinski definition) is 3. The van der Waals surface area contributed by atoms with Gasteiger partial charge in [0.05, 0.1) is 23.8 Å². The fourth-order valence-corrected chi connectivity index (χ4v) is 1.37. The highest BCUT2D eigenvalue weighted by atomic mass is 19.1. The molecule has 0 fully saturated rings. The first-order valence-electron chi connectivity index (χ1n) is 4.11. The second kappa shape index (κ2) is 3.63. The number of benzene rings is 1. The Kier molecular flexibility index (Phi) is 2.31. The molecule has 15 heavy (non-hydrogen) atoms. The number of rotatable bonds is 2. The lowest BCUT2D eigenvalue weighted by Crippen LogP contribution is -1.91. The Morgan fingerprint density at radius 2 is 2.20 bits per heavy atom. The van der Waals surface area contributed by atoms with Crippen molar-refractivity contribution in [1.29, 1.82) is 0 Å². The highest BCUT2D eigenvalue weighted by Gasteiger charge is 2.14. The summed E-state index contributed by atoms with van der Waals surface area (Å²) in [4.78, 5) is 13.1. The second-order valence-corrected chi connectivity index (χ2v) is 2.89. The van der Waals surface area contributed by atoms with Crippen molar-refractivity contribution in [3.8, 4) is 0 Å². The van der Waals surface area contributed by atoms with Crippen LogP contribution in [0, 0.1) is 11.6 Å². The van der Waals surface area contributed by atoms with Gasteiger partial charge in [0.25, 0.3) is 0 Å². The van der Waals surface area contributed by atoms with E-state index in [9.17, 15) is 13.6 Å². The molecule has 0 aliphatic heterocycles. The fourth-order valence-electron chi connectivity index (χ4n) is 1.37. The number of aliphatic imine (C=N–C) groups is 1. The first-order chi connectivity index (χ1) is 7.24. The minimum atomic E-state index is -0.783. The topological polar surface area (TPSA) is 42.6 Å². The first-order valence-corrected chi connectivity index (χ1v) is 4.11. The summed E-state index contributed by atoms with van der Waals surface area (Å²) in [5.41, 5.74) is 0.131. The van der Waals surface area contributed by atoms with Crippen molar-refractivity contribution >= 4 is 17.0 Å². The van der Waals surface area contributed by atoms with E-state index < -0.39 is 11.6 Å². The maximum absolute atomic E-state index is 13.3. The van der Waals surface area contributed by atoms with Crippen LogP contribution in [0.3, 0.4) is 0 Å². The SMILES string of the molecule is O=C=NCc1c(F)cc(F)c2ccoc12. The molecule has 0 aliphatic carbocycles. The van der Waals surface area contributed by atoms with Gasteiger partial charge in [-0.2, -0.15) is 0 Å². The third-order valence-electron chi connectivity index (χ3n) is 2.04. The molecular formula is C10H5F2NO2. The third-order valence-corrected chi connectivity index (χ3v) is 2.04. The summed E-state index contributed by atoms with van der Waals surface area (Å²) in [5.74, 6) is -1.48. The Balaban J connectivity index is 2.70. The van der Waals surface area contributed by atoms with Gasteiger partial charge in [-0.05, 0) is 6.07 Å². The Bertz CT molecular complexity index is 556. The van der Waals surface area contributed by atoms with Gasteiger partial charge in [-0.3, -0.25) is 0 Å². The zero-order valence-corrected chi connectivity index (χ0v) is 7.46. The zero-order valence-electron chi connectivity index (χ0n) is 7.46. The third kappa shape index (κ3) is 1.53. The number of nitrogens with zero attached hydrogens (tertiary/aromatic N) is 1. The molecule has 0 saturated heterocycles. The standard InChI is InChI=1S/C10H5F2NO2/c11-8-3-9(12)7(4-13-5-14)10-6(8)1-2-15-10/h1-3H,4H2. The number of fused-ring (bicyclic) bond motifs is 1. The van der Waals surface area contributed by atoms with Crippen LogP contribution in [0.5, 0.6) is 0 Å². The van der Waals surface area contributed by atoms with Gasteiger partial charge in [0.1, 0.15) is 17.2 Å². The van der Waals surface area contributed by atoms with E-state index in [1.54, 1.807) is 0 Å². The normalized spacial score (nSPS) is 10.3. The second-order valence-electron chi connectivity index (χ2n) is 2.89. The molecule has 1 heterocycles. The van der Waals surface area contributed by atoms with Crippen LogP contribution in [-0.2, 0) is 11.3 Å². The Morgan fingerprint density at radius 1 is 1.40 bits per heavy atom. The van der Waals surface area contributed by atoms with Crippen LogP contribution in [-0.4, -0.2) is 6.08 Å². The molecule has 3 nitrogen and oxygen atoms in total. The highest BCUT2D eigenvalue weighted by molar-refractivity contribution is 5.81. The van der Waals surface area contributed by atoms with E-state index in [1.165, 1.54) is 18.4 Å². The predicted octanol–water partition coefficient (Wildman–Crippen LogP) is 2.55. The molecule has 2 rings (SSSR count). The number of isocyanates is 1. The van der Waals surface area contributed by atoms with Crippen molar-refractivity contribution in [2.45, 2.75) is 6.54 Å². The van der Waals surface area contributed by atoms with E-state index in [0.717, 1.165) is 6.07 Å². The van der Waals surface area contributed by atoms with Gasteiger partial charge in [-0.25, -0.2) is 18.6 Å². The lowest BCUT2D eigenvalue weighted by atomic mass is 10.1. The number of carbonyl (C=O) groups excluding carboxylic acids is 1. The van der Waals surface area contributed by atoms with Crippen LogP contribution in [0.15, 0.2) is 27.8 Å². The molecular weight excluding hydrogens is 204 g/mol. The van der Waals surface area contributed by atoms with E-state index in [0.29, 0.717) is 0 Å². The van der Waals surface area contributed by atoms with Crippen molar-refractivity contribution in [2.75, 3.05) is 0 Å². The summed E-state index contributed by atoms with van der Waals surface area (Å²) in [6.45, 7) is -0.209. The molecule has 0 N–H and O–H groups in total. The van der Waals surface area contributed by atoms with Gasteiger partial charge < -0.3 is 4.42 Å². The van der Waals surface area contributed by atoms with E-state index in [4.69, 9.17) is 4.42 Å². The van der Waals surface area contributed by atoms with Crippen molar-refractivity contribution in [2.24, 2.45) is 4.99 Å². The van der Waals surface area contributed by atoms with Gasteiger partial charge in [0, 0.05) is 6.07 Å². The molecule has 0 saturated carbocycles. The van der Waals surface area contributed by atoms with E-state index >= 15 is 0 Å². The molecule has 0 bridgehead atoms. The Hall–Kier alpha value is -2.00. The monoisotopic (exact) mass is 209 g/mol. The largest absolute Gasteiger partial charge is 0.464 e. The highest BCUT2D eigenvalue weighted by Crippen LogP contribution is 2.26. The molecule has 0 amide bonds. The molecule has 0 spiro atoms. The molecule has 0 radical (unpaired) electrons. The van der Waals surface area contributed by atoms with Crippen LogP contribution in [0.25, 0.3) is 11.0 Å². The summed E-state index contributed by atoms with van der Waals surface area (Å²) >= 11 is 0. The van der Waals surface area contributed by atoms with Gasteiger partial charge in [-0.1, -0.05) is 0 Å². The summed E-state index contributed by atoms with van der Waals surface area (Å²) in [6.07, 6.45) is 2.54. The molecule has 0 atom stereocenters. The van der Waals surface area contributed by atoms with Crippen molar-refractivity contribution in [1.82, 2.24) is 0 Å². The molecule has 0 aliphatic rings. The van der Waals surface area contributed by atoms with Crippen LogP contribution in [0.4, 0.5) is 8.78 Å². The molecule has 5 heteroatoms. The van der Waals surface area contributed by atoms with Gasteiger partial charge in [0.2, 0.25) is 6.08 Å². The predicted molar refractivity (Wildman–Crippen MR) is 48.0 cm³/mol. The lowest BCUT2D eigenvalue weighted by molar-refractivity contribution is 0.556. The van der Waals surface area contributed by atoms with Crippen molar-refractivity contribution in [3.05, 3.63) is 35.6 Å². The number of hydrogen-bond donors (Lipinski definition) is 0. The maximum atomic E-state index is 13.3. The summed E-state index contributed by atoms with van der Waals surface area (Å²) in [7, 11) is 0. The Labute approximate surface area is 83.0 Å². The minimum Gasteiger partial charge on any atom is -0.464 e. The van der Waals surface area contributed by atoms with E-state index in [-0.39, 0.29) is 23.1 Å². The molecule has 1 aromatic carbocycles. The van der Waals surface area contributed by atoms with Crippen molar-refractivity contribution in [3.63, 3.8) is 0 Å². The van der Waals surface area contributed by atoms with Gasteiger partial charge in [0.15, 0.2) is 0 Å². The molecule has 76 valence electrons. The van der Waals surface area contributed by atoms with Crippen LogP contribution < -0.4 is 0 Å². The average Bonchev–Trinajstić information content (AvgIpc) is 2.66. The molecule has 1 aromatic heterocycles. The number of furan rings is 1. The quantitative estimate of drug-likeness (QED) is 0.563. The van der Waals surface area contributed by atoms with E-state index in [2.05, 4.69) is 4.99 Å². The van der Waals surface area contributed by atoms with Crippen LogP contribution in [0.2, 0.25) is 0 Å². The summed E-state index contributed by atoms with van der Waals surface area (Å²) < 4.78 is 31.4. The lowest BCUT2D eigenvalue weighted by Gasteiger charge is -2.00. The van der Waals surface area contributed by atoms with Crippen molar-refractivity contribution < 1.29 is 18.0 Å². The summed E-state index contributed by atoms with van der Waals surface area (Å²) in [6, 6.07) is 2.13. The van der Waals surface area contributed by atoms with Gasteiger partial charge in [-0.15, -0.1) is 0 Å². The Morgan fingerprint density at radius 3 is 2.93 bits per heavy atom.